The van der Waals surface area contributed by atoms with Crippen molar-refractivity contribution in [2.24, 2.45) is 4.99 Å². The quantitative estimate of drug-likeness (QED) is 0.598. The molecule has 134 valence electrons. The van der Waals surface area contributed by atoms with Gasteiger partial charge in [-0.15, -0.1) is 0 Å². The molecule has 25 heavy (non-hydrogen) atoms. The predicted molar refractivity (Wildman–Crippen MR) is 102 cm³/mol. The average Bonchev–Trinajstić information content (AvgIpc) is 2.63. The van der Waals surface area contributed by atoms with Crippen LogP contribution in [0.25, 0.3) is 0 Å². The van der Waals surface area contributed by atoms with E-state index in [-0.39, 0.29) is 0 Å². The van der Waals surface area contributed by atoms with E-state index in [1.807, 2.05) is 44.3 Å². The van der Waals surface area contributed by atoms with Crippen molar-refractivity contribution >= 4 is 11.6 Å². The van der Waals surface area contributed by atoms with E-state index >= 15 is 0 Å². The van der Waals surface area contributed by atoms with E-state index in [1.165, 1.54) is 5.56 Å². The molecule has 0 amide bonds. The van der Waals surface area contributed by atoms with Gasteiger partial charge in [0.25, 0.3) is 0 Å². The van der Waals surface area contributed by atoms with Crippen molar-refractivity contribution in [1.29, 1.82) is 0 Å². The fourth-order valence-electron chi connectivity index (χ4n) is 2.31. The van der Waals surface area contributed by atoms with Gasteiger partial charge in [0, 0.05) is 37.2 Å². The number of nitrogens with zero attached hydrogens (tertiary/aromatic N) is 2. The Kier molecular flexibility index (Phi) is 7.07. The number of aliphatic imine (C=N–C) groups is 1. The molecule has 2 aromatic rings. The molecule has 0 saturated carbocycles. The highest BCUT2D eigenvalue weighted by Gasteiger charge is 2.07. The molecule has 1 aromatic carbocycles. The molecule has 2 rings (SSSR count). The number of aryl methyl sites for hydroxylation is 1. The van der Waals surface area contributed by atoms with Crippen molar-refractivity contribution in [3.05, 3.63) is 47.8 Å². The maximum absolute atomic E-state index is 5.53. The van der Waals surface area contributed by atoms with Gasteiger partial charge in [-0.25, -0.2) is 0 Å². The Labute approximate surface area is 149 Å². The van der Waals surface area contributed by atoms with Crippen LogP contribution in [0.5, 0.6) is 11.5 Å². The normalized spacial score (nSPS) is 11.1. The summed E-state index contributed by atoms with van der Waals surface area (Å²) >= 11 is 0. The number of aromatic nitrogens is 1. The SMILES string of the molecule is CCOc1ccc(NC(=NC)NCCc2ccc(C)nc2)cc1OC. The van der Waals surface area contributed by atoms with Crippen LogP contribution in [0.1, 0.15) is 18.2 Å². The van der Waals surface area contributed by atoms with Crippen molar-refractivity contribution in [2.75, 3.05) is 32.6 Å². The van der Waals surface area contributed by atoms with Crippen LogP contribution >= 0.6 is 0 Å². The molecule has 0 spiro atoms. The third-order valence-corrected chi connectivity index (χ3v) is 3.63. The molecular formula is C19H26N4O2. The van der Waals surface area contributed by atoms with Gasteiger partial charge < -0.3 is 20.1 Å². The van der Waals surface area contributed by atoms with Gasteiger partial charge in [-0.3, -0.25) is 9.98 Å². The highest BCUT2D eigenvalue weighted by atomic mass is 16.5. The number of rotatable bonds is 7. The molecule has 0 radical (unpaired) electrons. The van der Waals surface area contributed by atoms with E-state index < -0.39 is 0 Å². The molecule has 0 aliphatic heterocycles. The molecule has 1 aromatic heterocycles. The largest absolute Gasteiger partial charge is 0.493 e. The van der Waals surface area contributed by atoms with Gasteiger partial charge in [-0.1, -0.05) is 6.07 Å². The molecule has 2 N–H and O–H groups in total. The second kappa shape index (κ2) is 9.52. The number of benzene rings is 1. The van der Waals surface area contributed by atoms with Crippen LogP contribution in [0.2, 0.25) is 0 Å². The molecule has 1 heterocycles. The van der Waals surface area contributed by atoms with Crippen molar-refractivity contribution < 1.29 is 9.47 Å². The van der Waals surface area contributed by atoms with E-state index in [0.717, 1.165) is 30.1 Å². The number of ether oxygens (including phenoxy) is 2. The lowest BCUT2D eigenvalue weighted by atomic mass is 10.2. The fraction of sp³-hybridized carbons (Fsp3) is 0.368. The summed E-state index contributed by atoms with van der Waals surface area (Å²) in [6.45, 7) is 5.29. The first kappa shape index (κ1) is 18.6. The van der Waals surface area contributed by atoms with Crippen LogP contribution in [0.4, 0.5) is 5.69 Å². The van der Waals surface area contributed by atoms with Gasteiger partial charge in [0.2, 0.25) is 0 Å². The van der Waals surface area contributed by atoms with Gasteiger partial charge >= 0.3 is 0 Å². The summed E-state index contributed by atoms with van der Waals surface area (Å²) < 4.78 is 10.9. The second-order valence-electron chi connectivity index (χ2n) is 5.48. The Bertz CT molecular complexity index is 699. The van der Waals surface area contributed by atoms with Crippen LogP contribution in [0.15, 0.2) is 41.5 Å². The molecule has 6 nitrogen and oxygen atoms in total. The third-order valence-electron chi connectivity index (χ3n) is 3.63. The maximum atomic E-state index is 5.53. The Hall–Kier alpha value is -2.76. The lowest BCUT2D eigenvalue weighted by Gasteiger charge is -2.14. The van der Waals surface area contributed by atoms with Crippen molar-refractivity contribution in [3.8, 4) is 11.5 Å². The molecule has 0 aliphatic carbocycles. The van der Waals surface area contributed by atoms with Crippen LogP contribution in [-0.4, -0.2) is 38.3 Å². The van der Waals surface area contributed by atoms with Crippen LogP contribution < -0.4 is 20.1 Å². The molecule has 0 fully saturated rings. The number of nitrogens with one attached hydrogen (secondary N) is 2. The third kappa shape index (κ3) is 5.67. The summed E-state index contributed by atoms with van der Waals surface area (Å²) in [4.78, 5) is 8.56. The van der Waals surface area contributed by atoms with E-state index in [1.54, 1.807) is 14.2 Å². The van der Waals surface area contributed by atoms with Gasteiger partial charge in [0.1, 0.15) is 0 Å². The number of hydrogen-bond donors (Lipinski definition) is 2. The highest BCUT2D eigenvalue weighted by molar-refractivity contribution is 5.93. The van der Waals surface area contributed by atoms with Crippen LogP contribution in [-0.2, 0) is 6.42 Å². The molecule has 0 aliphatic rings. The first-order valence-corrected chi connectivity index (χ1v) is 8.36. The first-order chi connectivity index (χ1) is 12.2. The number of anilines is 1. The Balaban J connectivity index is 1.92. The van der Waals surface area contributed by atoms with Crippen molar-refractivity contribution in [2.45, 2.75) is 20.3 Å². The Morgan fingerprint density at radius 2 is 2.04 bits per heavy atom. The van der Waals surface area contributed by atoms with E-state index in [0.29, 0.717) is 18.3 Å². The zero-order valence-electron chi connectivity index (χ0n) is 15.3. The monoisotopic (exact) mass is 342 g/mol. The predicted octanol–water partition coefficient (Wildman–Crippen LogP) is 3.03. The highest BCUT2D eigenvalue weighted by Crippen LogP contribution is 2.30. The summed E-state index contributed by atoms with van der Waals surface area (Å²) in [5.41, 5.74) is 3.10. The second-order valence-corrected chi connectivity index (χ2v) is 5.48. The molecule has 6 heteroatoms. The van der Waals surface area contributed by atoms with Gasteiger partial charge in [0.05, 0.1) is 13.7 Å². The number of guanidine groups is 1. The van der Waals surface area contributed by atoms with Crippen LogP contribution in [0, 0.1) is 6.92 Å². The molecule has 0 saturated heterocycles. The number of methoxy groups -OCH3 is 1. The molecule has 0 bridgehead atoms. The van der Waals surface area contributed by atoms with E-state index in [4.69, 9.17) is 9.47 Å². The fourth-order valence-corrected chi connectivity index (χ4v) is 2.31. The van der Waals surface area contributed by atoms with Gasteiger partial charge in [-0.05, 0) is 44.0 Å². The molecular weight excluding hydrogens is 316 g/mol. The summed E-state index contributed by atoms with van der Waals surface area (Å²) in [6, 6.07) is 9.83. The Morgan fingerprint density at radius 1 is 1.20 bits per heavy atom. The molecule has 0 atom stereocenters. The smallest absolute Gasteiger partial charge is 0.195 e. The maximum Gasteiger partial charge on any atom is 0.195 e. The van der Waals surface area contributed by atoms with E-state index in [2.05, 4.69) is 26.7 Å². The van der Waals surface area contributed by atoms with Gasteiger partial charge in [0.15, 0.2) is 17.5 Å². The minimum Gasteiger partial charge on any atom is -0.493 e. The number of hydrogen-bond acceptors (Lipinski definition) is 4. The first-order valence-electron chi connectivity index (χ1n) is 8.36. The van der Waals surface area contributed by atoms with E-state index in [9.17, 15) is 0 Å². The standard InChI is InChI=1S/C19H26N4O2/c1-5-25-17-9-8-16(12-18(17)24-4)23-19(20-3)21-11-10-15-7-6-14(2)22-13-15/h6-9,12-13H,5,10-11H2,1-4H3,(H2,20,21,23). The summed E-state index contributed by atoms with van der Waals surface area (Å²) in [6.07, 6.45) is 2.78. The minimum atomic E-state index is 0.597. The summed E-state index contributed by atoms with van der Waals surface area (Å²) in [5, 5.41) is 6.55. The lowest BCUT2D eigenvalue weighted by molar-refractivity contribution is 0.311. The summed E-state index contributed by atoms with van der Waals surface area (Å²) in [7, 11) is 3.37. The topological polar surface area (TPSA) is 67.8 Å². The van der Waals surface area contributed by atoms with Gasteiger partial charge in [-0.2, -0.15) is 0 Å². The average molecular weight is 342 g/mol. The zero-order valence-corrected chi connectivity index (χ0v) is 15.3. The van der Waals surface area contributed by atoms with Crippen molar-refractivity contribution in [3.63, 3.8) is 0 Å². The minimum absolute atomic E-state index is 0.597. The lowest BCUT2D eigenvalue weighted by Crippen LogP contribution is -2.32. The molecule has 0 unspecified atom stereocenters. The summed E-state index contributed by atoms with van der Waals surface area (Å²) in [5.74, 6) is 2.12. The van der Waals surface area contributed by atoms with Crippen molar-refractivity contribution in [1.82, 2.24) is 10.3 Å². The zero-order chi connectivity index (χ0) is 18.1. The van der Waals surface area contributed by atoms with Crippen LogP contribution in [0.3, 0.4) is 0 Å². The number of pyridine rings is 1. The Morgan fingerprint density at radius 3 is 2.68 bits per heavy atom.